The molecule has 0 spiro atoms. The molecule has 0 bridgehead atoms. The molecule has 2 saturated heterocycles. The quantitative estimate of drug-likeness (QED) is 0.173. The SMILES string of the molecule is CC(C)(C)OC(=O)N1CCC[C@H]1c1ncc(-c2ccc3c(c2)Nc2ccc(-c4cnc([C@@H]5CCCN5C(=O)OC(C)(C)C)[nH]4)cc2S3)[nH]1. The molecule has 2 aromatic carbocycles. The molecule has 2 amide bonds. The number of fused-ring (bicyclic) bond motifs is 2. The van der Waals surface area contributed by atoms with Gasteiger partial charge in [-0.1, -0.05) is 23.9 Å². The molecule has 0 aliphatic carbocycles. The van der Waals surface area contributed by atoms with E-state index in [0.717, 1.165) is 81.0 Å². The molecule has 4 aromatic rings. The molecule has 0 unspecified atom stereocenters. The van der Waals surface area contributed by atoms with Crippen LogP contribution in [0.15, 0.2) is 58.6 Å². The maximum absolute atomic E-state index is 12.8. The average molecular weight is 670 g/mol. The van der Waals surface area contributed by atoms with Gasteiger partial charge in [0.15, 0.2) is 0 Å². The fraction of sp³-hybridized carbons (Fsp3) is 0.444. The monoisotopic (exact) mass is 669 g/mol. The maximum atomic E-state index is 12.8. The largest absolute Gasteiger partial charge is 0.444 e. The van der Waals surface area contributed by atoms with E-state index in [0.29, 0.717) is 13.1 Å². The van der Waals surface area contributed by atoms with Crippen LogP contribution in [0.1, 0.15) is 91.0 Å². The van der Waals surface area contributed by atoms with Gasteiger partial charge in [0.25, 0.3) is 0 Å². The van der Waals surface area contributed by atoms with Crippen LogP contribution in [0.3, 0.4) is 0 Å². The summed E-state index contributed by atoms with van der Waals surface area (Å²) in [5.74, 6) is 1.56. The topological polar surface area (TPSA) is 128 Å². The van der Waals surface area contributed by atoms with Gasteiger partial charge in [-0.15, -0.1) is 0 Å². The Morgan fingerprint density at radius 1 is 0.729 bits per heavy atom. The van der Waals surface area contributed by atoms with Gasteiger partial charge in [-0.05, 0) is 91.5 Å². The van der Waals surface area contributed by atoms with Gasteiger partial charge < -0.3 is 24.8 Å². The number of H-pyrrole nitrogens is 2. The molecule has 11 nitrogen and oxygen atoms in total. The number of carbonyl (C=O) groups is 2. The summed E-state index contributed by atoms with van der Waals surface area (Å²) in [6.07, 6.45) is 6.61. The summed E-state index contributed by atoms with van der Waals surface area (Å²) in [7, 11) is 0. The number of nitrogens with one attached hydrogen (secondary N) is 3. The highest BCUT2D eigenvalue weighted by molar-refractivity contribution is 7.99. The van der Waals surface area contributed by atoms with Gasteiger partial charge in [0, 0.05) is 34.0 Å². The first-order chi connectivity index (χ1) is 22.8. The van der Waals surface area contributed by atoms with E-state index in [-0.39, 0.29) is 24.3 Å². The standard InChI is InChI=1S/C36H43N7O4S/c1-35(2,3)46-33(44)42-15-7-9-27(42)31-37-19-25(40-31)21-12-14-29-24(17-21)39-23-13-11-22(18-30(23)48-29)26-20-38-32(41-26)28-10-8-16-43(28)34(45)47-36(4,5)6/h11-14,17-20,27-28,39H,7-10,15-16H2,1-6H3,(H,37,40)(H,38,41)/t27-,28-/m0/s1. The number of benzene rings is 2. The van der Waals surface area contributed by atoms with Gasteiger partial charge in [0.2, 0.25) is 0 Å². The highest BCUT2D eigenvalue weighted by Crippen LogP contribution is 2.47. The predicted octanol–water partition coefficient (Wildman–Crippen LogP) is 8.82. The van der Waals surface area contributed by atoms with E-state index in [9.17, 15) is 9.59 Å². The first-order valence-corrected chi connectivity index (χ1v) is 17.5. The van der Waals surface area contributed by atoms with Crippen LogP contribution in [-0.4, -0.2) is 66.2 Å². The third-order valence-electron chi connectivity index (χ3n) is 8.66. The van der Waals surface area contributed by atoms with Crippen molar-refractivity contribution in [2.75, 3.05) is 18.4 Å². The molecule has 2 atom stereocenters. The molecule has 3 aliphatic rings. The molecular weight excluding hydrogens is 627 g/mol. The zero-order chi connectivity index (χ0) is 33.8. The minimum absolute atomic E-state index is 0.128. The van der Waals surface area contributed by atoms with Crippen LogP contribution in [0.2, 0.25) is 0 Å². The first-order valence-electron chi connectivity index (χ1n) is 16.6. The Labute approximate surface area is 285 Å². The van der Waals surface area contributed by atoms with E-state index in [1.54, 1.807) is 21.6 Å². The van der Waals surface area contributed by atoms with E-state index < -0.39 is 11.2 Å². The number of ether oxygens (including phenoxy) is 2. The molecule has 48 heavy (non-hydrogen) atoms. The Kier molecular flexibility index (Phi) is 8.17. The van der Waals surface area contributed by atoms with Crippen molar-refractivity contribution in [3.63, 3.8) is 0 Å². The Balaban J connectivity index is 1.05. The lowest BCUT2D eigenvalue weighted by Crippen LogP contribution is -2.36. The van der Waals surface area contributed by atoms with E-state index in [1.165, 1.54) is 0 Å². The number of anilines is 2. The average Bonchev–Trinajstić information content (AvgIpc) is 3.83. The van der Waals surface area contributed by atoms with Crippen molar-refractivity contribution in [1.82, 2.24) is 29.7 Å². The maximum Gasteiger partial charge on any atom is 0.410 e. The summed E-state index contributed by atoms with van der Waals surface area (Å²) >= 11 is 1.72. The number of hydrogen-bond acceptors (Lipinski definition) is 8. The zero-order valence-electron chi connectivity index (χ0n) is 28.3. The summed E-state index contributed by atoms with van der Waals surface area (Å²) in [4.78, 5) is 47.8. The molecule has 3 N–H and O–H groups in total. The predicted molar refractivity (Wildman–Crippen MR) is 185 cm³/mol. The summed E-state index contributed by atoms with van der Waals surface area (Å²) in [5, 5.41) is 3.61. The summed E-state index contributed by atoms with van der Waals surface area (Å²) in [5.41, 5.74) is 4.82. The van der Waals surface area contributed by atoms with E-state index in [4.69, 9.17) is 9.47 Å². The van der Waals surface area contributed by atoms with E-state index in [2.05, 4.69) is 61.7 Å². The molecule has 2 fully saturated rings. The summed E-state index contributed by atoms with van der Waals surface area (Å²) in [6.45, 7) is 12.6. The van der Waals surface area contributed by atoms with Gasteiger partial charge in [-0.2, -0.15) is 0 Å². The first kappa shape index (κ1) is 32.1. The normalized spacial score (nSPS) is 19.1. The van der Waals surface area contributed by atoms with Gasteiger partial charge in [0.05, 0.1) is 47.2 Å². The van der Waals surface area contributed by atoms with Crippen LogP contribution >= 0.6 is 11.8 Å². The number of rotatable bonds is 4. The highest BCUT2D eigenvalue weighted by atomic mass is 32.2. The Bertz CT molecular complexity index is 1720. The van der Waals surface area contributed by atoms with Crippen LogP contribution in [0.25, 0.3) is 22.5 Å². The minimum atomic E-state index is -0.544. The number of nitrogens with zero attached hydrogens (tertiary/aromatic N) is 4. The third kappa shape index (κ3) is 6.63. The van der Waals surface area contributed by atoms with Crippen LogP contribution < -0.4 is 5.32 Å². The van der Waals surface area contributed by atoms with Crippen molar-refractivity contribution in [2.45, 2.75) is 100 Å². The third-order valence-corrected chi connectivity index (χ3v) is 9.79. The Hall–Kier alpha value is -4.45. The molecule has 2 aromatic heterocycles. The van der Waals surface area contributed by atoms with E-state index >= 15 is 0 Å². The Morgan fingerprint density at radius 2 is 1.25 bits per heavy atom. The number of likely N-dealkylation sites (tertiary alicyclic amines) is 2. The fourth-order valence-corrected chi connectivity index (χ4v) is 7.52. The van der Waals surface area contributed by atoms with Crippen LogP contribution in [0.5, 0.6) is 0 Å². The summed E-state index contributed by atoms with van der Waals surface area (Å²) in [6, 6.07) is 12.4. The fourth-order valence-electron chi connectivity index (χ4n) is 6.51. The van der Waals surface area contributed by atoms with Gasteiger partial charge in [-0.25, -0.2) is 19.6 Å². The summed E-state index contributed by atoms with van der Waals surface area (Å²) < 4.78 is 11.3. The molecular formula is C36H43N7O4S. The number of imidazole rings is 2. The number of aromatic amines is 2. The second-order valence-corrected chi connectivity index (χ2v) is 15.8. The number of aromatic nitrogens is 4. The van der Waals surface area contributed by atoms with Crippen molar-refractivity contribution in [1.29, 1.82) is 0 Å². The molecule has 5 heterocycles. The van der Waals surface area contributed by atoms with Gasteiger partial charge in [0.1, 0.15) is 22.9 Å². The van der Waals surface area contributed by atoms with Crippen LogP contribution in [0.4, 0.5) is 21.0 Å². The second kappa shape index (κ2) is 12.2. The number of amides is 2. The molecule has 252 valence electrons. The minimum Gasteiger partial charge on any atom is -0.444 e. The van der Waals surface area contributed by atoms with Crippen molar-refractivity contribution in [3.05, 3.63) is 60.4 Å². The second-order valence-electron chi connectivity index (χ2n) is 14.7. The van der Waals surface area contributed by atoms with Crippen molar-refractivity contribution < 1.29 is 19.1 Å². The lowest BCUT2D eigenvalue weighted by molar-refractivity contribution is 0.0208. The Morgan fingerprint density at radius 3 is 1.79 bits per heavy atom. The molecule has 3 aliphatic heterocycles. The van der Waals surface area contributed by atoms with Crippen LogP contribution in [-0.2, 0) is 9.47 Å². The van der Waals surface area contributed by atoms with Gasteiger partial charge in [-0.3, -0.25) is 9.80 Å². The lowest BCUT2D eigenvalue weighted by atomic mass is 10.1. The zero-order valence-corrected chi connectivity index (χ0v) is 29.2. The molecule has 0 radical (unpaired) electrons. The van der Waals surface area contributed by atoms with Crippen molar-refractivity contribution >= 4 is 35.3 Å². The van der Waals surface area contributed by atoms with Gasteiger partial charge >= 0.3 is 12.2 Å². The molecule has 0 saturated carbocycles. The molecule has 12 heteroatoms. The highest BCUT2D eigenvalue weighted by Gasteiger charge is 2.36. The number of carbonyl (C=O) groups excluding carboxylic acids is 2. The van der Waals surface area contributed by atoms with Crippen molar-refractivity contribution in [3.8, 4) is 22.5 Å². The van der Waals surface area contributed by atoms with Crippen LogP contribution in [0, 0.1) is 0 Å². The number of hydrogen-bond donors (Lipinski definition) is 3. The van der Waals surface area contributed by atoms with E-state index in [1.807, 2.05) is 53.9 Å². The van der Waals surface area contributed by atoms with Crippen molar-refractivity contribution in [2.24, 2.45) is 0 Å². The lowest BCUT2D eigenvalue weighted by Gasteiger charge is -2.27. The molecule has 7 rings (SSSR count). The smallest absolute Gasteiger partial charge is 0.410 e.